The number of benzene rings is 1. The average molecular weight is 266 g/mol. The molecule has 5 nitrogen and oxygen atoms in total. The van der Waals surface area contributed by atoms with E-state index in [2.05, 4.69) is 6.58 Å². The van der Waals surface area contributed by atoms with E-state index in [0.29, 0.717) is 30.3 Å². The maximum atomic E-state index is 10.8. The maximum absolute atomic E-state index is 10.8. The van der Waals surface area contributed by atoms with Crippen molar-refractivity contribution in [1.82, 2.24) is 0 Å². The second-order valence-corrected chi connectivity index (χ2v) is 3.57. The Kier molecular flexibility index (Phi) is 6.29. The number of ether oxygens (including phenoxy) is 4. The molecule has 1 aromatic rings. The van der Waals surface area contributed by atoms with Crippen molar-refractivity contribution in [2.75, 3.05) is 27.4 Å². The fourth-order valence-corrected chi connectivity index (χ4v) is 1.42. The molecule has 0 bridgehead atoms. The standard InChI is InChI=1S/C14H18O5/c1-4-13(15)18-9-6-10-19-14-11(16-2)7-5-8-12(14)17-3/h4-5,7-8H,1,6,9-10H2,2-3H3. The van der Waals surface area contributed by atoms with Gasteiger partial charge in [-0.15, -0.1) is 0 Å². The van der Waals surface area contributed by atoms with Crippen LogP contribution >= 0.6 is 0 Å². The Morgan fingerprint density at radius 2 is 1.84 bits per heavy atom. The molecule has 0 radical (unpaired) electrons. The van der Waals surface area contributed by atoms with Gasteiger partial charge in [-0.2, -0.15) is 0 Å². The number of rotatable bonds is 8. The number of hydrogen-bond donors (Lipinski definition) is 0. The summed E-state index contributed by atoms with van der Waals surface area (Å²) in [5.74, 6) is 1.31. The van der Waals surface area contributed by atoms with Gasteiger partial charge in [0, 0.05) is 12.5 Å². The van der Waals surface area contributed by atoms with E-state index in [4.69, 9.17) is 18.9 Å². The molecule has 0 fully saturated rings. The van der Waals surface area contributed by atoms with Crippen LogP contribution in [0.2, 0.25) is 0 Å². The molecule has 0 heterocycles. The summed E-state index contributed by atoms with van der Waals surface area (Å²) in [6, 6.07) is 5.39. The zero-order valence-corrected chi connectivity index (χ0v) is 11.2. The highest BCUT2D eigenvalue weighted by Gasteiger charge is 2.10. The first-order valence-corrected chi connectivity index (χ1v) is 5.86. The van der Waals surface area contributed by atoms with E-state index in [9.17, 15) is 4.79 Å². The van der Waals surface area contributed by atoms with Crippen LogP contribution in [-0.4, -0.2) is 33.4 Å². The van der Waals surface area contributed by atoms with Crippen LogP contribution in [0.1, 0.15) is 6.42 Å². The molecule has 0 saturated carbocycles. The van der Waals surface area contributed by atoms with Crippen molar-refractivity contribution in [3.8, 4) is 17.2 Å². The lowest BCUT2D eigenvalue weighted by Gasteiger charge is -2.13. The molecule has 19 heavy (non-hydrogen) atoms. The van der Waals surface area contributed by atoms with Gasteiger partial charge >= 0.3 is 5.97 Å². The molecule has 0 N–H and O–H groups in total. The molecular formula is C14H18O5. The summed E-state index contributed by atoms with van der Waals surface area (Å²) in [6.45, 7) is 3.98. The molecule has 1 aromatic carbocycles. The van der Waals surface area contributed by atoms with E-state index in [0.717, 1.165) is 6.08 Å². The Hall–Kier alpha value is -2.17. The van der Waals surface area contributed by atoms with Gasteiger partial charge in [-0.25, -0.2) is 4.79 Å². The third kappa shape index (κ3) is 4.54. The van der Waals surface area contributed by atoms with Crippen LogP contribution in [0, 0.1) is 0 Å². The van der Waals surface area contributed by atoms with E-state index in [1.54, 1.807) is 26.4 Å². The van der Waals surface area contributed by atoms with E-state index in [1.165, 1.54) is 0 Å². The van der Waals surface area contributed by atoms with Gasteiger partial charge in [-0.1, -0.05) is 12.6 Å². The first kappa shape index (κ1) is 14.9. The number of carbonyl (C=O) groups is 1. The van der Waals surface area contributed by atoms with Crippen molar-refractivity contribution in [1.29, 1.82) is 0 Å². The van der Waals surface area contributed by atoms with Crippen molar-refractivity contribution in [2.24, 2.45) is 0 Å². The molecule has 0 aliphatic rings. The van der Waals surface area contributed by atoms with Crippen molar-refractivity contribution < 1.29 is 23.7 Å². The second-order valence-electron chi connectivity index (χ2n) is 3.57. The average Bonchev–Trinajstić information content (AvgIpc) is 2.46. The summed E-state index contributed by atoms with van der Waals surface area (Å²) in [6.07, 6.45) is 1.70. The molecule has 0 amide bonds. The molecular weight excluding hydrogens is 248 g/mol. The minimum atomic E-state index is -0.435. The van der Waals surface area contributed by atoms with Crippen molar-refractivity contribution in [3.63, 3.8) is 0 Å². The smallest absolute Gasteiger partial charge is 0.330 e. The molecule has 0 unspecified atom stereocenters. The highest BCUT2D eigenvalue weighted by molar-refractivity contribution is 5.81. The van der Waals surface area contributed by atoms with Crippen LogP contribution in [0.25, 0.3) is 0 Å². The monoisotopic (exact) mass is 266 g/mol. The third-order valence-corrected chi connectivity index (χ3v) is 2.33. The highest BCUT2D eigenvalue weighted by atomic mass is 16.5. The topological polar surface area (TPSA) is 54.0 Å². The molecule has 0 atom stereocenters. The van der Waals surface area contributed by atoms with Gasteiger partial charge in [0.2, 0.25) is 5.75 Å². The van der Waals surface area contributed by atoms with Crippen molar-refractivity contribution >= 4 is 5.97 Å². The summed E-state index contributed by atoms with van der Waals surface area (Å²) in [4.78, 5) is 10.8. The minimum Gasteiger partial charge on any atom is -0.493 e. The minimum absolute atomic E-state index is 0.280. The van der Waals surface area contributed by atoms with Crippen LogP contribution in [-0.2, 0) is 9.53 Å². The molecule has 0 aliphatic carbocycles. The molecule has 0 saturated heterocycles. The molecule has 0 aromatic heterocycles. The quantitative estimate of drug-likeness (QED) is 0.410. The van der Waals surface area contributed by atoms with Gasteiger partial charge < -0.3 is 18.9 Å². The zero-order chi connectivity index (χ0) is 14.1. The van der Waals surface area contributed by atoms with Crippen LogP contribution in [0.4, 0.5) is 0 Å². The Morgan fingerprint density at radius 3 is 2.37 bits per heavy atom. The third-order valence-electron chi connectivity index (χ3n) is 2.33. The molecule has 0 spiro atoms. The number of hydrogen-bond acceptors (Lipinski definition) is 5. The van der Waals surface area contributed by atoms with Crippen LogP contribution < -0.4 is 14.2 Å². The van der Waals surface area contributed by atoms with E-state index >= 15 is 0 Å². The Morgan fingerprint density at radius 1 is 1.21 bits per heavy atom. The second kappa shape index (κ2) is 8.02. The van der Waals surface area contributed by atoms with E-state index < -0.39 is 5.97 Å². The zero-order valence-electron chi connectivity index (χ0n) is 11.2. The van der Waals surface area contributed by atoms with Crippen molar-refractivity contribution in [3.05, 3.63) is 30.9 Å². The highest BCUT2D eigenvalue weighted by Crippen LogP contribution is 2.36. The normalized spacial score (nSPS) is 9.58. The number of carbonyl (C=O) groups excluding carboxylic acids is 1. The van der Waals surface area contributed by atoms with Gasteiger partial charge in [0.15, 0.2) is 11.5 Å². The van der Waals surface area contributed by atoms with Crippen LogP contribution in [0.15, 0.2) is 30.9 Å². The summed E-state index contributed by atoms with van der Waals surface area (Å²) in [5.41, 5.74) is 0. The molecule has 1 rings (SSSR count). The van der Waals surface area contributed by atoms with Gasteiger partial charge in [-0.3, -0.25) is 0 Å². The first-order chi connectivity index (χ1) is 9.22. The van der Waals surface area contributed by atoms with Crippen LogP contribution in [0.3, 0.4) is 0 Å². The summed E-state index contributed by atoms with van der Waals surface area (Å²) >= 11 is 0. The molecule has 104 valence electrons. The fourth-order valence-electron chi connectivity index (χ4n) is 1.42. The van der Waals surface area contributed by atoms with E-state index in [1.807, 2.05) is 6.07 Å². The lowest BCUT2D eigenvalue weighted by molar-refractivity contribution is -0.137. The number of para-hydroxylation sites is 1. The number of esters is 1. The lowest BCUT2D eigenvalue weighted by atomic mass is 10.3. The van der Waals surface area contributed by atoms with Gasteiger partial charge in [0.1, 0.15) is 0 Å². The van der Waals surface area contributed by atoms with E-state index in [-0.39, 0.29) is 6.61 Å². The summed E-state index contributed by atoms with van der Waals surface area (Å²) in [5, 5.41) is 0. The predicted octanol–water partition coefficient (Wildman–Crippen LogP) is 2.20. The number of methoxy groups -OCH3 is 2. The van der Waals surface area contributed by atoms with Crippen LogP contribution in [0.5, 0.6) is 17.2 Å². The maximum Gasteiger partial charge on any atom is 0.330 e. The Labute approximate surface area is 112 Å². The van der Waals surface area contributed by atoms with Gasteiger partial charge in [-0.05, 0) is 12.1 Å². The molecule has 0 aliphatic heterocycles. The Bertz CT molecular complexity index is 406. The summed E-state index contributed by atoms with van der Waals surface area (Å²) in [7, 11) is 3.13. The largest absolute Gasteiger partial charge is 0.493 e. The fraction of sp³-hybridized carbons (Fsp3) is 0.357. The van der Waals surface area contributed by atoms with Gasteiger partial charge in [0.25, 0.3) is 0 Å². The van der Waals surface area contributed by atoms with Gasteiger partial charge in [0.05, 0.1) is 27.4 Å². The first-order valence-electron chi connectivity index (χ1n) is 5.86. The lowest BCUT2D eigenvalue weighted by Crippen LogP contribution is -2.07. The summed E-state index contributed by atoms with van der Waals surface area (Å²) < 4.78 is 20.8. The predicted molar refractivity (Wildman–Crippen MR) is 70.8 cm³/mol. The Balaban J connectivity index is 2.48. The SMILES string of the molecule is C=CC(=O)OCCCOc1c(OC)cccc1OC. The van der Waals surface area contributed by atoms with Crippen molar-refractivity contribution in [2.45, 2.75) is 6.42 Å². The molecule has 5 heteroatoms.